The molecule has 2 aromatic rings. The second-order valence-electron chi connectivity index (χ2n) is 5.35. The zero-order valence-corrected chi connectivity index (χ0v) is 14.7. The zero-order valence-electron chi connectivity index (χ0n) is 12.3. The minimum Gasteiger partial charge on any atom is -0.391 e. The maximum absolute atomic E-state index is 12.1. The van der Waals surface area contributed by atoms with Gasteiger partial charge in [0.2, 0.25) is 0 Å². The lowest BCUT2D eigenvalue weighted by Crippen LogP contribution is -2.34. The molecule has 1 fully saturated rings. The number of hydrogen-bond donors (Lipinski definition) is 3. The van der Waals surface area contributed by atoms with Crippen LogP contribution in [-0.2, 0) is 0 Å². The predicted molar refractivity (Wildman–Crippen MR) is 93.2 cm³/mol. The average molecular weight is 402 g/mol. The van der Waals surface area contributed by atoms with Gasteiger partial charge in [-0.2, -0.15) is 5.10 Å². The Morgan fingerprint density at radius 2 is 2.13 bits per heavy atom. The number of rotatable bonds is 4. The van der Waals surface area contributed by atoms with Crippen LogP contribution in [0.25, 0.3) is 5.69 Å². The van der Waals surface area contributed by atoms with Crippen molar-refractivity contribution in [2.75, 3.05) is 19.6 Å². The number of β-amino-alcohol motifs (C(OH)–C–C–N with tert-alkyl or cyclic N) is 1. The van der Waals surface area contributed by atoms with Gasteiger partial charge in [-0.3, -0.25) is 4.79 Å². The summed E-state index contributed by atoms with van der Waals surface area (Å²) in [6.45, 7) is 1.76. The molecule has 124 valence electrons. The fourth-order valence-corrected chi connectivity index (χ4v) is 2.69. The Morgan fingerprint density at radius 3 is 2.78 bits per heavy atom. The normalized spacial score (nSPS) is 20.1. The fourth-order valence-electron chi connectivity index (χ4n) is 2.43. The lowest BCUT2D eigenvalue weighted by Gasteiger charge is -2.13. The predicted octanol–water partition coefficient (Wildman–Crippen LogP) is 1.37. The van der Waals surface area contributed by atoms with E-state index in [9.17, 15) is 9.90 Å². The molecule has 6 nitrogen and oxygen atoms in total. The third-order valence-electron chi connectivity index (χ3n) is 3.76. The van der Waals surface area contributed by atoms with E-state index < -0.39 is 6.10 Å². The van der Waals surface area contributed by atoms with E-state index in [-0.39, 0.29) is 24.2 Å². The Labute approximate surface area is 148 Å². The number of carbonyl (C=O) groups is 1. The maximum Gasteiger partial charge on any atom is 0.254 e. The Bertz CT molecular complexity index is 662. The summed E-state index contributed by atoms with van der Waals surface area (Å²) in [6.07, 6.45) is 2.84. The summed E-state index contributed by atoms with van der Waals surface area (Å²) in [5, 5.41) is 19.9. The van der Waals surface area contributed by atoms with Crippen molar-refractivity contribution in [2.24, 2.45) is 5.92 Å². The molecule has 23 heavy (non-hydrogen) atoms. The molecule has 8 heteroatoms. The smallest absolute Gasteiger partial charge is 0.254 e. The van der Waals surface area contributed by atoms with E-state index in [1.807, 2.05) is 24.3 Å². The van der Waals surface area contributed by atoms with Crippen molar-refractivity contribution in [2.45, 2.75) is 6.10 Å². The number of halogens is 2. The van der Waals surface area contributed by atoms with Crippen LogP contribution in [0.1, 0.15) is 10.4 Å². The molecule has 1 aliphatic rings. The van der Waals surface area contributed by atoms with Crippen LogP contribution in [-0.4, -0.2) is 46.5 Å². The van der Waals surface area contributed by atoms with Gasteiger partial charge in [0, 0.05) is 36.2 Å². The van der Waals surface area contributed by atoms with E-state index in [0.717, 1.165) is 16.7 Å². The lowest BCUT2D eigenvalue weighted by molar-refractivity contribution is 0.0927. The van der Waals surface area contributed by atoms with Gasteiger partial charge in [0.15, 0.2) is 0 Å². The molecule has 2 unspecified atom stereocenters. The minimum absolute atomic E-state index is 0. The van der Waals surface area contributed by atoms with Gasteiger partial charge in [0.25, 0.3) is 5.91 Å². The van der Waals surface area contributed by atoms with Crippen molar-refractivity contribution >= 4 is 34.2 Å². The summed E-state index contributed by atoms with van der Waals surface area (Å²) in [6, 6.07) is 7.68. The third-order valence-corrected chi connectivity index (χ3v) is 4.29. The van der Waals surface area contributed by atoms with E-state index in [1.165, 1.54) is 0 Å². The summed E-state index contributed by atoms with van der Waals surface area (Å²) in [7, 11) is 0. The van der Waals surface area contributed by atoms with E-state index in [1.54, 1.807) is 17.1 Å². The molecule has 3 N–H and O–H groups in total. The molecule has 0 bridgehead atoms. The van der Waals surface area contributed by atoms with Gasteiger partial charge < -0.3 is 15.7 Å². The molecule has 2 atom stereocenters. The quantitative estimate of drug-likeness (QED) is 0.723. The molecule has 1 amide bonds. The molecule has 2 heterocycles. The first-order chi connectivity index (χ1) is 10.6. The van der Waals surface area contributed by atoms with Crippen LogP contribution in [0, 0.1) is 5.92 Å². The SMILES string of the molecule is Cl.O=C(NCC1CNCC1O)c1cnn(-c2ccc(Br)cc2)c1. The standard InChI is InChI=1S/C15H17BrN4O2.ClH/c16-12-1-3-13(4-2-12)20-9-11(7-19-20)15(22)18-6-10-5-17-8-14(10)21;/h1-4,7,9-10,14,17,21H,5-6,8H2,(H,18,22);1H. The summed E-state index contributed by atoms with van der Waals surface area (Å²) in [5.74, 6) is -0.118. The van der Waals surface area contributed by atoms with Crippen LogP contribution in [0.2, 0.25) is 0 Å². The Morgan fingerprint density at radius 1 is 1.39 bits per heavy atom. The second-order valence-corrected chi connectivity index (χ2v) is 6.26. The van der Waals surface area contributed by atoms with Crippen LogP contribution < -0.4 is 10.6 Å². The van der Waals surface area contributed by atoms with Crippen LogP contribution in [0.5, 0.6) is 0 Å². The topological polar surface area (TPSA) is 79.2 Å². The Hall–Kier alpha value is -1.41. The summed E-state index contributed by atoms with van der Waals surface area (Å²) in [5.41, 5.74) is 1.39. The van der Waals surface area contributed by atoms with Crippen molar-refractivity contribution in [3.63, 3.8) is 0 Å². The van der Waals surface area contributed by atoms with E-state index in [0.29, 0.717) is 18.7 Å². The first kappa shape index (κ1) is 17.9. The maximum atomic E-state index is 12.1. The lowest BCUT2D eigenvalue weighted by atomic mass is 10.1. The Balaban J connectivity index is 0.00000192. The van der Waals surface area contributed by atoms with Crippen molar-refractivity contribution < 1.29 is 9.90 Å². The van der Waals surface area contributed by atoms with Crippen LogP contribution in [0.3, 0.4) is 0 Å². The molecular weight excluding hydrogens is 384 g/mol. The van der Waals surface area contributed by atoms with E-state index in [4.69, 9.17) is 0 Å². The van der Waals surface area contributed by atoms with Crippen LogP contribution in [0.4, 0.5) is 0 Å². The largest absolute Gasteiger partial charge is 0.391 e. The zero-order chi connectivity index (χ0) is 15.5. The van der Waals surface area contributed by atoms with Gasteiger partial charge in [-0.25, -0.2) is 4.68 Å². The fraction of sp³-hybridized carbons (Fsp3) is 0.333. The van der Waals surface area contributed by atoms with E-state index in [2.05, 4.69) is 31.7 Å². The molecule has 0 saturated carbocycles. The first-order valence-corrected chi connectivity index (χ1v) is 7.90. The number of nitrogens with zero attached hydrogens (tertiary/aromatic N) is 2. The van der Waals surface area contributed by atoms with Crippen molar-refractivity contribution in [3.8, 4) is 5.69 Å². The van der Waals surface area contributed by atoms with Crippen LogP contribution in [0.15, 0.2) is 41.1 Å². The first-order valence-electron chi connectivity index (χ1n) is 7.11. The number of aromatic nitrogens is 2. The minimum atomic E-state index is -0.397. The molecule has 0 spiro atoms. The van der Waals surface area contributed by atoms with Crippen molar-refractivity contribution in [1.82, 2.24) is 20.4 Å². The molecule has 0 aliphatic carbocycles. The van der Waals surface area contributed by atoms with Gasteiger partial charge in [0.1, 0.15) is 0 Å². The monoisotopic (exact) mass is 400 g/mol. The number of aliphatic hydroxyl groups is 1. The highest BCUT2D eigenvalue weighted by atomic mass is 79.9. The number of hydrogen-bond acceptors (Lipinski definition) is 4. The van der Waals surface area contributed by atoms with Gasteiger partial charge in [0.05, 0.1) is 23.6 Å². The highest BCUT2D eigenvalue weighted by Gasteiger charge is 2.25. The van der Waals surface area contributed by atoms with Crippen molar-refractivity contribution in [1.29, 1.82) is 0 Å². The molecule has 1 aliphatic heterocycles. The molecule has 1 aromatic carbocycles. The summed E-state index contributed by atoms with van der Waals surface area (Å²) in [4.78, 5) is 12.1. The molecule has 1 saturated heterocycles. The summed E-state index contributed by atoms with van der Waals surface area (Å²) >= 11 is 3.38. The Kier molecular flexibility index (Phi) is 6.17. The number of benzene rings is 1. The number of nitrogens with one attached hydrogen (secondary N) is 2. The second kappa shape index (κ2) is 7.92. The van der Waals surface area contributed by atoms with Crippen molar-refractivity contribution in [3.05, 3.63) is 46.7 Å². The average Bonchev–Trinajstić information content (AvgIpc) is 3.15. The highest BCUT2D eigenvalue weighted by Crippen LogP contribution is 2.14. The highest BCUT2D eigenvalue weighted by molar-refractivity contribution is 9.10. The third kappa shape index (κ3) is 4.32. The van der Waals surface area contributed by atoms with E-state index >= 15 is 0 Å². The number of aliphatic hydroxyl groups excluding tert-OH is 1. The number of carbonyl (C=O) groups excluding carboxylic acids is 1. The molecule has 1 aromatic heterocycles. The van der Waals surface area contributed by atoms with Crippen LogP contribution >= 0.6 is 28.3 Å². The molecular formula is C15H18BrClN4O2. The van der Waals surface area contributed by atoms with Gasteiger partial charge in [-0.15, -0.1) is 12.4 Å². The van der Waals surface area contributed by atoms with Gasteiger partial charge >= 0.3 is 0 Å². The van der Waals surface area contributed by atoms with Gasteiger partial charge in [-0.1, -0.05) is 15.9 Å². The molecule has 3 rings (SSSR count). The van der Waals surface area contributed by atoms with Gasteiger partial charge in [-0.05, 0) is 24.3 Å². The molecule has 0 radical (unpaired) electrons. The summed E-state index contributed by atoms with van der Waals surface area (Å²) < 4.78 is 2.65. The number of amides is 1.